The van der Waals surface area contributed by atoms with Crippen molar-refractivity contribution in [1.82, 2.24) is 10.3 Å². The van der Waals surface area contributed by atoms with Crippen LogP contribution in [0.15, 0.2) is 4.99 Å². The van der Waals surface area contributed by atoms with Gasteiger partial charge in [0.15, 0.2) is 0 Å². The van der Waals surface area contributed by atoms with Crippen molar-refractivity contribution in [2.75, 3.05) is 13.1 Å². The quantitative estimate of drug-likeness (QED) is 0.297. The highest BCUT2D eigenvalue weighted by Crippen LogP contribution is 1.95. The van der Waals surface area contributed by atoms with Crippen LogP contribution in [0.4, 0.5) is 0 Å². The molecule has 13 heavy (non-hydrogen) atoms. The summed E-state index contributed by atoms with van der Waals surface area (Å²) in [5, 5.41) is 0. The molecule has 4 heteroatoms. The SMILES string of the molecule is CCCN(CC)C(=NC(C)C)NN. The molecule has 0 saturated heterocycles. The summed E-state index contributed by atoms with van der Waals surface area (Å²) in [6.45, 7) is 10.2. The first-order valence-electron chi connectivity index (χ1n) is 4.95. The highest BCUT2D eigenvalue weighted by atomic mass is 15.4. The molecule has 0 radical (unpaired) electrons. The highest BCUT2D eigenvalue weighted by Gasteiger charge is 2.06. The molecule has 3 N–H and O–H groups in total. The van der Waals surface area contributed by atoms with Crippen LogP contribution in [-0.4, -0.2) is 30.0 Å². The molecule has 0 bridgehead atoms. The predicted octanol–water partition coefficient (Wildman–Crippen LogP) is 0.946. The maximum absolute atomic E-state index is 5.41. The van der Waals surface area contributed by atoms with E-state index in [2.05, 4.69) is 29.2 Å². The first kappa shape index (κ1) is 12.2. The van der Waals surface area contributed by atoms with Crippen LogP contribution in [0.25, 0.3) is 0 Å². The zero-order valence-electron chi connectivity index (χ0n) is 9.17. The molecule has 0 heterocycles. The molecule has 0 fully saturated rings. The van der Waals surface area contributed by atoms with Crippen molar-refractivity contribution in [2.24, 2.45) is 10.8 Å². The predicted molar refractivity (Wildman–Crippen MR) is 57.4 cm³/mol. The molecule has 0 atom stereocenters. The lowest BCUT2D eigenvalue weighted by molar-refractivity contribution is 0.420. The zero-order valence-corrected chi connectivity index (χ0v) is 9.17. The van der Waals surface area contributed by atoms with Gasteiger partial charge in [-0.1, -0.05) is 6.92 Å². The van der Waals surface area contributed by atoms with Crippen molar-refractivity contribution < 1.29 is 0 Å². The number of nitrogens with one attached hydrogen (secondary N) is 1. The molecule has 0 aliphatic carbocycles. The monoisotopic (exact) mass is 186 g/mol. The number of hydrogen-bond acceptors (Lipinski definition) is 2. The molecular weight excluding hydrogens is 164 g/mol. The number of aliphatic imine (C=N–C) groups is 1. The lowest BCUT2D eigenvalue weighted by Gasteiger charge is -2.23. The molecule has 0 rings (SSSR count). The van der Waals surface area contributed by atoms with E-state index < -0.39 is 0 Å². The van der Waals surface area contributed by atoms with Crippen LogP contribution in [0.1, 0.15) is 34.1 Å². The first-order valence-corrected chi connectivity index (χ1v) is 4.95. The summed E-state index contributed by atoms with van der Waals surface area (Å²) in [6.07, 6.45) is 1.10. The van der Waals surface area contributed by atoms with Crippen LogP contribution in [-0.2, 0) is 0 Å². The third-order valence-corrected chi connectivity index (χ3v) is 1.68. The number of nitrogens with two attached hydrogens (primary N) is 1. The average molecular weight is 186 g/mol. The number of nitrogens with zero attached hydrogens (tertiary/aromatic N) is 2. The minimum absolute atomic E-state index is 0.275. The maximum atomic E-state index is 5.41. The molecule has 0 aromatic carbocycles. The molecule has 0 aliphatic heterocycles. The Balaban J connectivity index is 4.33. The van der Waals surface area contributed by atoms with E-state index in [1.807, 2.05) is 13.8 Å². The number of guanidine groups is 1. The summed E-state index contributed by atoms with van der Waals surface area (Å²) < 4.78 is 0. The number of hydrogen-bond donors (Lipinski definition) is 2. The fourth-order valence-corrected chi connectivity index (χ4v) is 1.14. The van der Waals surface area contributed by atoms with Crippen LogP contribution in [0, 0.1) is 0 Å². The van der Waals surface area contributed by atoms with E-state index in [0.717, 1.165) is 25.5 Å². The molecule has 4 nitrogen and oxygen atoms in total. The minimum atomic E-state index is 0.275. The number of hydrazine groups is 1. The third kappa shape index (κ3) is 4.72. The molecular formula is C9H22N4. The molecule has 0 unspecified atom stereocenters. The smallest absolute Gasteiger partial charge is 0.208 e. The lowest BCUT2D eigenvalue weighted by Crippen LogP contribution is -2.45. The van der Waals surface area contributed by atoms with Gasteiger partial charge in [0.1, 0.15) is 0 Å². The van der Waals surface area contributed by atoms with Crippen LogP contribution in [0.5, 0.6) is 0 Å². The van der Waals surface area contributed by atoms with Gasteiger partial charge in [-0.2, -0.15) is 0 Å². The largest absolute Gasteiger partial charge is 0.342 e. The highest BCUT2D eigenvalue weighted by molar-refractivity contribution is 5.79. The zero-order chi connectivity index (χ0) is 10.3. The van der Waals surface area contributed by atoms with E-state index >= 15 is 0 Å². The van der Waals surface area contributed by atoms with Gasteiger partial charge in [0.2, 0.25) is 5.96 Å². The van der Waals surface area contributed by atoms with Gasteiger partial charge in [-0.05, 0) is 27.2 Å². The van der Waals surface area contributed by atoms with Crippen molar-refractivity contribution in [2.45, 2.75) is 40.2 Å². The van der Waals surface area contributed by atoms with Crippen molar-refractivity contribution >= 4 is 5.96 Å². The Bertz CT molecular complexity index is 154. The molecule has 0 aromatic heterocycles. The van der Waals surface area contributed by atoms with Gasteiger partial charge in [0.25, 0.3) is 0 Å². The molecule has 78 valence electrons. The van der Waals surface area contributed by atoms with Crippen molar-refractivity contribution in [1.29, 1.82) is 0 Å². The Morgan fingerprint density at radius 1 is 1.46 bits per heavy atom. The standard InChI is InChI=1S/C9H22N4/c1-5-7-13(6-2)9(12-10)11-8(3)4/h8H,5-7,10H2,1-4H3,(H,11,12). The van der Waals surface area contributed by atoms with E-state index in [0.29, 0.717) is 0 Å². The Morgan fingerprint density at radius 3 is 2.38 bits per heavy atom. The van der Waals surface area contributed by atoms with E-state index in [-0.39, 0.29) is 6.04 Å². The molecule has 0 aliphatic rings. The van der Waals surface area contributed by atoms with E-state index in [9.17, 15) is 0 Å². The second-order valence-electron chi connectivity index (χ2n) is 3.27. The fourth-order valence-electron chi connectivity index (χ4n) is 1.14. The van der Waals surface area contributed by atoms with Crippen LogP contribution < -0.4 is 11.3 Å². The summed E-state index contributed by atoms with van der Waals surface area (Å²) in [7, 11) is 0. The van der Waals surface area contributed by atoms with E-state index in [4.69, 9.17) is 5.84 Å². The lowest BCUT2D eigenvalue weighted by atomic mass is 10.4. The summed E-state index contributed by atoms with van der Waals surface area (Å²) in [6, 6.07) is 0.275. The van der Waals surface area contributed by atoms with Crippen molar-refractivity contribution in [3.63, 3.8) is 0 Å². The Morgan fingerprint density at radius 2 is 2.08 bits per heavy atom. The molecule has 0 spiro atoms. The Hall–Kier alpha value is -0.770. The normalized spacial score (nSPS) is 12.0. The summed E-state index contributed by atoms with van der Waals surface area (Å²) in [5.74, 6) is 6.20. The minimum Gasteiger partial charge on any atom is -0.342 e. The summed E-state index contributed by atoms with van der Waals surface area (Å²) in [4.78, 5) is 6.53. The second-order valence-corrected chi connectivity index (χ2v) is 3.27. The summed E-state index contributed by atoms with van der Waals surface area (Å²) >= 11 is 0. The van der Waals surface area contributed by atoms with Crippen molar-refractivity contribution in [3.05, 3.63) is 0 Å². The topological polar surface area (TPSA) is 53.6 Å². The van der Waals surface area contributed by atoms with Crippen LogP contribution in [0.3, 0.4) is 0 Å². The third-order valence-electron chi connectivity index (χ3n) is 1.68. The molecule has 0 amide bonds. The van der Waals surface area contributed by atoms with Crippen LogP contribution >= 0.6 is 0 Å². The van der Waals surface area contributed by atoms with Crippen molar-refractivity contribution in [3.8, 4) is 0 Å². The maximum Gasteiger partial charge on any atom is 0.208 e. The fraction of sp³-hybridized carbons (Fsp3) is 0.889. The van der Waals surface area contributed by atoms with Gasteiger partial charge >= 0.3 is 0 Å². The molecule has 0 saturated carbocycles. The van der Waals surface area contributed by atoms with Gasteiger partial charge in [0, 0.05) is 19.1 Å². The number of rotatable bonds is 4. The van der Waals surface area contributed by atoms with Gasteiger partial charge < -0.3 is 4.90 Å². The Labute approximate surface area is 81.2 Å². The van der Waals surface area contributed by atoms with Crippen LogP contribution in [0.2, 0.25) is 0 Å². The summed E-state index contributed by atoms with van der Waals surface area (Å²) in [5.41, 5.74) is 2.65. The first-order chi connectivity index (χ1) is 6.15. The van der Waals surface area contributed by atoms with Gasteiger partial charge in [-0.3, -0.25) is 5.43 Å². The van der Waals surface area contributed by atoms with Gasteiger partial charge in [-0.25, -0.2) is 10.8 Å². The average Bonchev–Trinajstić information content (AvgIpc) is 2.10. The Kier molecular flexibility index (Phi) is 6.32. The second kappa shape index (κ2) is 6.71. The van der Waals surface area contributed by atoms with E-state index in [1.54, 1.807) is 0 Å². The van der Waals surface area contributed by atoms with Gasteiger partial charge in [0.05, 0.1) is 0 Å². The molecule has 0 aromatic rings. The van der Waals surface area contributed by atoms with E-state index in [1.165, 1.54) is 0 Å². The van der Waals surface area contributed by atoms with Gasteiger partial charge in [-0.15, -0.1) is 0 Å².